The minimum absolute atomic E-state index is 0.149. The van der Waals surface area contributed by atoms with Crippen LogP contribution in [-0.2, 0) is 10.0 Å². The van der Waals surface area contributed by atoms with Gasteiger partial charge < -0.3 is 5.73 Å². The van der Waals surface area contributed by atoms with Gasteiger partial charge in [0.05, 0.1) is 9.13 Å². The molecule has 4 N–H and O–H groups in total. The Morgan fingerprint density at radius 1 is 1.47 bits per heavy atom. The van der Waals surface area contributed by atoms with Crippen LogP contribution in [0.25, 0.3) is 0 Å². The van der Waals surface area contributed by atoms with E-state index >= 15 is 0 Å². The summed E-state index contributed by atoms with van der Waals surface area (Å²) in [6.07, 6.45) is -2.97. The first-order valence-corrected chi connectivity index (χ1v) is 6.13. The molecular weight excluding hydrogens is 343 g/mol. The van der Waals surface area contributed by atoms with Crippen LogP contribution in [0.3, 0.4) is 0 Å². The molecule has 0 aromatic carbocycles. The Kier molecular flexibility index (Phi) is 3.45. The zero-order chi connectivity index (χ0) is 11.8. The molecule has 9 heteroatoms. The predicted octanol–water partition coefficient (Wildman–Crippen LogP) is 0.853. The maximum Gasteiger partial charge on any atom is 0.266 e. The van der Waals surface area contributed by atoms with Gasteiger partial charge in [-0.3, -0.25) is 0 Å². The number of hydrogen-bond donors (Lipinski definition) is 2. The number of sulfonamides is 1. The highest BCUT2D eigenvalue weighted by molar-refractivity contribution is 14.1. The van der Waals surface area contributed by atoms with Crippen LogP contribution in [0.5, 0.6) is 0 Å². The molecule has 0 saturated carbocycles. The molecule has 1 aromatic rings. The van der Waals surface area contributed by atoms with E-state index in [2.05, 4.69) is 4.98 Å². The highest BCUT2D eigenvalue weighted by atomic mass is 127. The monoisotopic (exact) mass is 349 g/mol. The number of pyridine rings is 1. The second kappa shape index (κ2) is 4.14. The first-order chi connectivity index (χ1) is 6.73. The molecule has 1 heterocycles. The minimum Gasteiger partial charge on any atom is -0.383 e. The molecule has 0 aliphatic heterocycles. The van der Waals surface area contributed by atoms with Gasteiger partial charge in [0.25, 0.3) is 16.4 Å². The molecule has 0 amide bonds. The van der Waals surface area contributed by atoms with E-state index in [9.17, 15) is 17.2 Å². The summed E-state index contributed by atoms with van der Waals surface area (Å²) in [5, 5.41) is 3.85. The molecule has 0 unspecified atom stereocenters. The Hall–Kier alpha value is -0.550. The fourth-order valence-electron chi connectivity index (χ4n) is 0.884. The average Bonchev–Trinajstić information content (AvgIpc) is 2.06. The Bertz CT molecular complexity index is 491. The number of halogens is 3. The second-order valence-electron chi connectivity index (χ2n) is 2.60. The molecule has 1 aromatic heterocycles. The van der Waals surface area contributed by atoms with Crippen LogP contribution in [-0.4, -0.2) is 13.4 Å². The number of alkyl halides is 2. The lowest BCUT2D eigenvalue weighted by molar-refractivity contribution is 0.147. The SMILES string of the molecule is Nc1nc(S(N)(=O)=O)c(C(F)F)cc1I. The van der Waals surface area contributed by atoms with Gasteiger partial charge in [-0.2, -0.15) is 0 Å². The number of nitrogens with two attached hydrogens (primary N) is 2. The molecule has 0 spiro atoms. The zero-order valence-electron chi connectivity index (χ0n) is 7.12. The molecule has 0 atom stereocenters. The number of anilines is 1. The van der Waals surface area contributed by atoms with Gasteiger partial charge in [0, 0.05) is 0 Å². The largest absolute Gasteiger partial charge is 0.383 e. The van der Waals surface area contributed by atoms with Gasteiger partial charge in [-0.1, -0.05) is 0 Å². The van der Waals surface area contributed by atoms with Gasteiger partial charge in [-0.15, -0.1) is 0 Å². The smallest absolute Gasteiger partial charge is 0.266 e. The molecule has 0 aliphatic rings. The number of nitrogens with zero attached hydrogens (tertiary/aromatic N) is 1. The van der Waals surface area contributed by atoms with Crippen LogP contribution in [0.4, 0.5) is 14.6 Å². The maximum atomic E-state index is 12.5. The van der Waals surface area contributed by atoms with Gasteiger partial charge in [-0.25, -0.2) is 27.3 Å². The van der Waals surface area contributed by atoms with E-state index in [0.29, 0.717) is 0 Å². The summed E-state index contributed by atoms with van der Waals surface area (Å²) in [4.78, 5) is 3.34. The Morgan fingerprint density at radius 3 is 2.40 bits per heavy atom. The lowest BCUT2D eigenvalue weighted by Crippen LogP contribution is -2.18. The highest BCUT2D eigenvalue weighted by Crippen LogP contribution is 2.28. The molecule has 5 nitrogen and oxygen atoms in total. The quantitative estimate of drug-likeness (QED) is 0.774. The summed E-state index contributed by atoms with van der Waals surface area (Å²) >= 11 is 1.67. The van der Waals surface area contributed by atoms with E-state index in [-0.39, 0.29) is 9.39 Å². The van der Waals surface area contributed by atoms with Crippen molar-refractivity contribution in [2.24, 2.45) is 5.14 Å². The highest BCUT2D eigenvalue weighted by Gasteiger charge is 2.23. The molecular formula is C6H6F2IN3O2S. The van der Waals surface area contributed by atoms with Crippen molar-refractivity contribution >= 4 is 38.4 Å². The summed E-state index contributed by atoms with van der Waals surface area (Å²) in [5.74, 6) is -0.149. The number of nitrogen functional groups attached to an aromatic ring is 1. The van der Waals surface area contributed by atoms with Crippen molar-refractivity contribution in [1.29, 1.82) is 0 Å². The van der Waals surface area contributed by atoms with Gasteiger partial charge in [0.15, 0.2) is 5.03 Å². The van der Waals surface area contributed by atoms with Crippen molar-refractivity contribution in [3.05, 3.63) is 15.2 Å². The van der Waals surface area contributed by atoms with Crippen molar-refractivity contribution in [1.82, 2.24) is 4.98 Å². The zero-order valence-corrected chi connectivity index (χ0v) is 10.1. The molecule has 0 aliphatic carbocycles. The lowest BCUT2D eigenvalue weighted by Gasteiger charge is -2.08. The van der Waals surface area contributed by atoms with E-state index < -0.39 is 27.0 Å². The average molecular weight is 349 g/mol. The molecule has 0 fully saturated rings. The van der Waals surface area contributed by atoms with E-state index in [1.807, 2.05) is 0 Å². The van der Waals surface area contributed by atoms with Crippen LogP contribution in [0, 0.1) is 3.57 Å². The van der Waals surface area contributed by atoms with E-state index in [1.165, 1.54) is 0 Å². The van der Waals surface area contributed by atoms with Crippen LogP contribution in [0.2, 0.25) is 0 Å². The summed E-state index contributed by atoms with van der Waals surface area (Å²) < 4.78 is 47.1. The third-order valence-corrected chi connectivity index (χ3v) is 3.23. The molecule has 0 saturated heterocycles. The van der Waals surface area contributed by atoms with Crippen LogP contribution in [0.15, 0.2) is 11.1 Å². The molecule has 1 rings (SSSR count). The van der Waals surface area contributed by atoms with E-state index in [1.54, 1.807) is 22.6 Å². The molecule has 15 heavy (non-hydrogen) atoms. The lowest BCUT2D eigenvalue weighted by atomic mass is 10.3. The molecule has 0 radical (unpaired) electrons. The Labute approximate surface area is 98.0 Å². The van der Waals surface area contributed by atoms with Crippen molar-refractivity contribution in [3.8, 4) is 0 Å². The number of hydrogen-bond acceptors (Lipinski definition) is 4. The summed E-state index contributed by atoms with van der Waals surface area (Å²) in [5.41, 5.74) is 4.56. The Balaban J connectivity index is 3.56. The van der Waals surface area contributed by atoms with Crippen LogP contribution in [0.1, 0.15) is 12.0 Å². The molecule has 0 bridgehead atoms. The first-order valence-electron chi connectivity index (χ1n) is 3.50. The topological polar surface area (TPSA) is 99.1 Å². The third-order valence-electron chi connectivity index (χ3n) is 1.50. The standard InChI is InChI=1S/C6H6F2IN3O2S/c7-4(8)2-1-3(9)5(10)12-6(2)15(11,13)14/h1,4H,(H2,10,12)(H2,11,13,14). The Morgan fingerprint density at radius 2 is 2.00 bits per heavy atom. The normalized spacial score (nSPS) is 12.1. The number of rotatable bonds is 2. The van der Waals surface area contributed by atoms with Crippen molar-refractivity contribution in [2.45, 2.75) is 11.5 Å². The number of aromatic nitrogens is 1. The second-order valence-corrected chi connectivity index (χ2v) is 5.23. The van der Waals surface area contributed by atoms with Gasteiger partial charge in [0.1, 0.15) is 5.82 Å². The van der Waals surface area contributed by atoms with E-state index in [0.717, 1.165) is 6.07 Å². The maximum absolute atomic E-state index is 12.5. The van der Waals surface area contributed by atoms with Crippen LogP contribution >= 0.6 is 22.6 Å². The third kappa shape index (κ3) is 2.72. The van der Waals surface area contributed by atoms with Crippen molar-refractivity contribution in [2.75, 3.05) is 5.73 Å². The van der Waals surface area contributed by atoms with Gasteiger partial charge >= 0.3 is 0 Å². The summed E-state index contributed by atoms with van der Waals surface area (Å²) in [6.45, 7) is 0. The van der Waals surface area contributed by atoms with Crippen molar-refractivity contribution < 1.29 is 17.2 Å². The number of primary sulfonamides is 1. The summed E-state index contributed by atoms with van der Waals surface area (Å²) in [6, 6.07) is 0.952. The van der Waals surface area contributed by atoms with Gasteiger partial charge in [-0.05, 0) is 28.7 Å². The van der Waals surface area contributed by atoms with Crippen LogP contribution < -0.4 is 10.9 Å². The fourth-order valence-corrected chi connectivity index (χ4v) is 2.04. The van der Waals surface area contributed by atoms with Crippen molar-refractivity contribution in [3.63, 3.8) is 0 Å². The predicted molar refractivity (Wildman–Crippen MR) is 57.7 cm³/mol. The van der Waals surface area contributed by atoms with Gasteiger partial charge in [0.2, 0.25) is 0 Å². The first kappa shape index (κ1) is 12.5. The molecule has 84 valence electrons. The van der Waals surface area contributed by atoms with E-state index in [4.69, 9.17) is 10.9 Å². The summed E-state index contributed by atoms with van der Waals surface area (Å²) in [7, 11) is -4.29. The minimum atomic E-state index is -4.29. The fraction of sp³-hybridized carbons (Fsp3) is 0.167.